The third-order valence-electron chi connectivity index (χ3n) is 3.73. The molecule has 1 fully saturated rings. The van der Waals surface area contributed by atoms with E-state index in [1.165, 1.54) is 18.5 Å². The summed E-state index contributed by atoms with van der Waals surface area (Å²) in [5.74, 6) is 0.750. The lowest BCUT2D eigenvalue weighted by Crippen LogP contribution is -2.42. The molecular formula is C14H19NO. The highest BCUT2D eigenvalue weighted by Gasteiger charge is 2.24. The maximum Gasteiger partial charge on any atom is 0.150 e. The smallest absolute Gasteiger partial charge is 0.150 e. The van der Waals surface area contributed by atoms with Crippen LogP contribution >= 0.6 is 0 Å². The normalized spacial score (nSPS) is 25.5. The number of hydrogen-bond donors (Lipinski definition) is 0. The number of anilines is 1. The number of benzene rings is 1. The molecule has 0 aromatic heterocycles. The van der Waals surface area contributed by atoms with Crippen LogP contribution in [-0.2, 0) is 0 Å². The summed E-state index contributed by atoms with van der Waals surface area (Å²) < 4.78 is 0. The van der Waals surface area contributed by atoms with Crippen molar-refractivity contribution in [2.45, 2.75) is 32.7 Å². The van der Waals surface area contributed by atoms with E-state index in [1.807, 2.05) is 12.1 Å². The van der Waals surface area contributed by atoms with E-state index in [4.69, 9.17) is 0 Å². The molecule has 2 rings (SSSR count). The molecule has 0 amide bonds. The van der Waals surface area contributed by atoms with E-state index in [9.17, 15) is 4.79 Å². The summed E-state index contributed by atoms with van der Waals surface area (Å²) >= 11 is 0. The number of hydrogen-bond acceptors (Lipinski definition) is 2. The predicted octanol–water partition coefficient (Wildman–Crippen LogP) is 3.12. The first-order valence-electron chi connectivity index (χ1n) is 6.04. The predicted molar refractivity (Wildman–Crippen MR) is 67.0 cm³/mol. The summed E-state index contributed by atoms with van der Waals surface area (Å²) in [7, 11) is 0. The van der Waals surface area contributed by atoms with Gasteiger partial charge in [-0.3, -0.25) is 4.79 Å². The second-order valence-electron chi connectivity index (χ2n) is 4.76. The molecule has 1 aromatic carbocycles. The van der Waals surface area contributed by atoms with Gasteiger partial charge in [-0.15, -0.1) is 0 Å². The van der Waals surface area contributed by atoms with Crippen LogP contribution in [0.25, 0.3) is 0 Å². The zero-order valence-electron chi connectivity index (χ0n) is 10.0. The number of piperidine rings is 1. The highest BCUT2D eigenvalue weighted by molar-refractivity contribution is 5.75. The minimum absolute atomic E-state index is 0.593. The SMILES string of the molecule is CC1CCCN(c2ccc(C=O)cc2)C1C. The van der Waals surface area contributed by atoms with Crippen molar-refractivity contribution < 1.29 is 4.79 Å². The van der Waals surface area contributed by atoms with Gasteiger partial charge in [-0.2, -0.15) is 0 Å². The second-order valence-corrected chi connectivity index (χ2v) is 4.76. The lowest BCUT2D eigenvalue weighted by atomic mass is 9.91. The van der Waals surface area contributed by atoms with E-state index >= 15 is 0 Å². The molecule has 16 heavy (non-hydrogen) atoms. The number of carbonyl (C=O) groups excluding carboxylic acids is 1. The molecule has 0 saturated carbocycles. The third-order valence-corrected chi connectivity index (χ3v) is 3.73. The van der Waals surface area contributed by atoms with Gasteiger partial charge in [0.2, 0.25) is 0 Å². The molecule has 2 unspecified atom stereocenters. The van der Waals surface area contributed by atoms with E-state index in [1.54, 1.807) is 0 Å². The molecule has 1 aliphatic rings. The maximum absolute atomic E-state index is 10.6. The molecule has 86 valence electrons. The van der Waals surface area contributed by atoms with Gasteiger partial charge in [0.25, 0.3) is 0 Å². The Morgan fingerprint density at radius 3 is 2.56 bits per heavy atom. The molecule has 1 aromatic rings. The van der Waals surface area contributed by atoms with Crippen LogP contribution in [0.15, 0.2) is 24.3 Å². The van der Waals surface area contributed by atoms with E-state index in [-0.39, 0.29) is 0 Å². The summed E-state index contributed by atoms with van der Waals surface area (Å²) in [6.07, 6.45) is 3.48. The molecule has 2 nitrogen and oxygen atoms in total. The fraction of sp³-hybridized carbons (Fsp3) is 0.500. The van der Waals surface area contributed by atoms with Gasteiger partial charge in [0.05, 0.1) is 0 Å². The van der Waals surface area contributed by atoms with Crippen LogP contribution in [0.3, 0.4) is 0 Å². The van der Waals surface area contributed by atoms with Crippen molar-refractivity contribution in [3.63, 3.8) is 0 Å². The molecule has 0 radical (unpaired) electrons. The molecule has 0 N–H and O–H groups in total. The van der Waals surface area contributed by atoms with Gasteiger partial charge in [-0.05, 0) is 49.9 Å². The average Bonchev–Trinajstić information content (AvgIpc) is 2.33. The number of carbonyl (C=O) groups is 1. The number of aldehydes is 1. The molecule has 1 aliphatic heterocycles. The zero-order chi connectivity index (χ0) is 11.5. The Morgan fingerprint density at radius 1 is 1.25 bits per heavy atom. The van der Waals surface area contributed by atoms with Crippen LogP contribution in [-0.4, -0.2) is 18.9 Å². The summed E-state index contributed by atoms with van der Waals surface area (Å²) in [6.45, 7) is 5.74. The maximum atomic E-state index is 10.6. The second kappa shape index (κ2) is 4.69. The van der Waals surface area contributed by atoms with Crippen LogP contribution < -0.4 is 4.90 Å². The first-order valence-corrected chi connectivity index (χ1v) is 6.04. The van der Waals surface area contributed by atoms with Gasteiger partial charge in [0.1, 0.15) is 6.29 Å². The monoisotopic (exact) mass is 217 g/mol. The quantitative estimate of drug-likeness (QED) is 0.709. The van der Waals surface area contributed by atoms with Gasteiger partial charge >= 0.3 is 0 Å². The van der Waals surface area contributed by atoms with Gasteiger partial charge in [-0.1, -0.05) is 6.92 Å². The molecule has 1 saturated heterocycles. The zero-order valence-corrected chi connectivity index (χ0v) is 10.0. The molecule has 1 heterocycles. The summed E-state index contributed by atoms with van der Waals surface area (Å²) in [5.41, 5.74) is 1.99. The van der Waals surface area contributed by atoms with E-state index in [2.05, 4.69) is 30.9 Å². The van der Waals surface area contributed by atoms with Crippen LogP contribution in [0.1, 0.15) is 37.0 Å². The summed E-state index contributed by atoms with van der Waals surface area (Å²) in [4.78, 5) is 13.0. The lowest BCUT2D eigenvalue weighted by molar-refractivity contribution is 0.112. The van der Waals surface area contributed by atoms with E-state index < -0.39 is 0 Å². The lowest BCUT2D eigenvalue weighted by Gasteiger charge is -2.39. The van der Waals surface area contributed by atoms with Crippen LogP contribution in [0.4, 0.5) is 5.69 Å². The van der Waals surface area contributed by atoms with Crippen LogP contribution in [0, 0.1) is 5.92 Å². The highest BCUT2D eigenvalue weighted by Crippen LogP contribution is 2.28. The Morgan fingerprint density at radius 2 is 1.94 bits per heavy atom. The van der Waals surface area contributed by atoms with Crippen molar-refractivity contribution in [1.82, 2.24) is 0 Å². The molecular weight excluding hydrogens is 198 g/mol. The minimum atomic E-state index is 0.593. The van der Waals surface area contributed by atoms with Gasteiger partial charge < -0.3 is 4.90 Å². The standard InChI is InChI=1S/C14H19NO/c1-11-4-3-9-15(12(11)2)14-7-5-13(10-16)6-8-14/h5-8,10-12H,3-4,9H2,1-2H3. The Hall–Kier alpha value is -1.31. The fourth-order valence-electron chi connectivity index (χ4n) is 2.44. The average molecular weight is 217 g/mol. The highest BCUT2D eigenvalue weighted by atomic mass is 16.1. The Bertz CT molecular complexity index is 358. The van der Waals surface area contributed by atoms with Crippen molar-refractivity contribution in [2.75, 3.05) is 11.4 Å². The van der Waals surface area contributed by atoms with Crippen molar-refractivity contribution in [2.24, 2.45) is 5.92 Å². The van der Waals surface area contributed by atoms with Crippen molar-refractivity contribution in [1.29, 1.82) is 0 Å². The van der Waals surface area contributed by atoms with Crippen LogP contribution in [0.5, 0.6) is 0 Å². The molecule has 2 atom stereocenters. The van der Waals surface area contributed by atoms with Gasteiger partial charge in [-0.25, -0.2) is 0 Å². The molecule has 0 aliphatic carbocycles. The molecule has 0 spiro atoms. The van der Waals surface area contributed by atoms with Crippen molar-refractivity contribution in [3.8, 4) is 0 Å². The first kappa shape index (κ1) is 11.2. The number of nitrogens with zero attached hydrogens (tertiary/aromatic N) is 1. The van der Waals surface area contributed by atoms with Crippen LogP contribution in [0.2, 0.25) is 0 Å². The molecule has 0 bridgehead atoms. The molecule has 2 heteroatoms. The van der Waals surface area contributed by atoms with Gasteiger partial charge in [0, 0.05) is 23.8 Å². The Balaban J connectivity index is 2.18. The summed E-state index contributed by atoms with van der Waals surface area (Å²) in [5, 5.41) is 0. The largest absolute Gasteiger partial charge is 0.369 e. The van der Waals surface area contributed by atoms with Crippen molar-refractivity contribution in [3.05, 3.63) is 29.8 Å². The Kier molecular flexibility index (Phi) is 3.28. The van der Waals surface area contributed by atoms with Gasteiger partial charge in [0.15, 0.2) is 0 Å². The summed E-state index contributed by atoms with van der Waals surface area (Å²) in [6, 6.07) is 8.50. The topological polar surface area (TPSA) is 20.3 Å². The van der Waals surface area contributed by atoms with E-state index in [0.29, 0.717) is 6.04 Å². The van der Waals surface area contributed by atoms with E-state index in [0.717, 1.165) is 24.3 Å². The minimum Gasteiger partial charge on any atom is -0.369 e. The Labute approximate surface area is 97.3 Å². The van der Waals surface area contributed by atoms with Crippen molar-refractivity contribution >= 4 is 12.0 Å². The third kappa shape index (κ3) is 2.11. The number of rotatable bonds is 2. The first-order chi connectivity index (χ1) is 7.72. The fourth-order valence-corrected chi connectivity index (χ4v) is 2.44.